The van der Waals surface area contributed by atoms with E-state index < -0.39 is 0 Å². The van der Waals surface area contributed by atoms with Crippen LogP contribution in [0.2, 0.25) is 0 Å². The maximum atomic E-state index is 11.7. The summed E-state index contributed by atoms with van der Waals surface area (Å²) in [6.07, 6.45) is 10.8. The lowest BCUT2D eigenvalue weighted by atomic mass is 10.1. The van der Waals surface area contributed by atoms with Gasteiger partial charge in [0.1, 0.15) is 0 Å². The Bertz CT molecular complexity index is 462. The highest BCUT2D eigenvalue weighted by molar-refractivity contribution is 6.04. The molecule has 17 heavy (non-hydrogen) atoms. The van der Waals surface area contributed by atoms with Gasteiger partial charge in [-0.3, -0.25) is 4.79 Å². The van der Waals surface area contributed by atoms with Crippen molar-refractivity contribution in [3.63, 3.8) is 0 Å². The second kappa shape index (κ2) is 7.18. The van der Waals surface area contributed by atoms with Crippen LogP contribution in [0.25, 0.3) is 0 Å². The zero-order chi connectivity index (χ0) is 12.5. The smallest absolute Gasteiger partial charge is 0.185 e. The van der Waals surface area contributed by atoms with Crippen LogP contribution in [0.3, 0.4) is 0 Å². The third-order valence-electron chi connectivity index (χ3n) is 2.12. The topological polar surface area (TPSA) is 17.1 Å². The summed E-state index contributed by atoms with van der Waals surface area (Å²) in [6.45, 7) is 5.78. The van der Waals surface area contributed by atoms with Crippen molar-refractivity contribution in [2.45, 2.75) is 6.92 Å². The number of carbonyl (C=O) groups is 1. The molecule has 0 aliphatic heterocycles. The summed E-state index contributed by atoms with van der Waals surface area (Å²) in [5.41, 5.74) is 1.49. The molecule has 1 rings (SSSR count). The predicted molar refractivity (Wildman–Crippen MR) is 73.0 cm³/mol. The average molecular weight is 224 g/mol. The highest BCUT2D eigenvalue weighted by Gasteiger charge is 1.98. The molecular formula is C16H16O. The normalized spacial score (nSPS) is 11.6. The van der Waals surface area contributed by atoms with Gasteiger partial charge >= 0.3 is 0 Å². The molecule has 0 aromatic heterocycles. The SMILES string of the molecule is C=C(/C=C\C=C/C)/C=C/C(=O)c1ccccc1. The summed E-state index contributed by atoms with van der Waals surface area (Å²) in [5.74, 6) is -0.00816. The molecule has 1 aromatic rings. The Balaban J connectivity index is 2.60. The van der Waals surface area contributed by atoms with Gasteiger partial charge in [0, 0.05) is 5.56 Å². The van der Waals surface area contributed by atoms with Gasteiger partial charge < -0.3 is 0 Å². The molecule has 0 heterocycles. The molecule has 0 aliphatic carbocycles. The minimum absolute atomic E-state index is 0.00816. The molecule has 0 bridgehead atoms. The molecule has 0 radical (unpaired) electrons. The molecule has 0 saturated heterocycles. The first-order valence-electron chi connectivity index (χ1n) is 5.50. The number of ketones is 1. The molecular weight excluding hydrogens is 208 g/mol. The fraction of sp³-hybridized carbons (Fsp3) is 0.0625. The van der Waals surface area contributed by atoms with Crippen LogP contribution in [-0.2, 0) is 0 Å². The van der Waals surface area contributed by atoms with Crippen LogP contribution in [0.5, 0.6) is 0 Å². The zero-order valence-corrected chi connectivity index (χ0v) is 9.97. The Hall–Kier alpha value is -2.15. The number of hydrogen-bond acceptors (Lipinski definition) is 1. The zero-order valence-electron chi connectivity index (χ0n) is 9.97. The van der Waals surface area contributed by atoms with Gasteiger partial charge in [-0.15, -0.1) is 0 Å². The van der Waals surface area contributed by atoms with Crippen molar-refractivity contribution in [2.24, 2.45) is 0 Å². The van der Waals surface area contributed by atoms with Crippen LogP contribution in [0, 0.1) is 0 Å². The Morgan fingerprint density at radius 3 is 2.41 bits per heavy atom. The van der Waals surface area contributed by atoms with Gasteiger partial charge in [0.2, 0.25) is 0 Å². The predicted octanol–water partition coefficient (Wildman–Crippen LogP) is 4.11. The molecule has 0 amide bonds. The van der Waals surface area contributed by atoms with E-state index in [1.807, 2.05) is 49.4 Å². The molecule has 1 aromatic carbocycles. The lowest BCUT2D eigenvalue weighted by Gasteiger charge is -1.94. The minimum atomic E-state index is -0.00816. The third-order valence-corrected chi connectivity index (χ3v) is 2.12. The third kappa shape index (κ3) is 4.94. The van der Waals surface area contributed by atoms with E-state index in [1.165, 1.54) is 6.08 Å². The molecule has 0 saturated carbocycles. The molecule has 1 nitrogen and oxygen atoms in total. The average Bonchev–Trinajstić information content (AvgIpc) is 2.37. The van der Waals surface area contributed by atoms with E-state index in [9.17, 15) is 4.79 Å². The lowest BCUT2D eigenvalue weighted by molar-refractivity contribution is 0.104. The van der Waals surface area contributed by atoms with Crippen molar-refractivity contribution < 1.29 is 4.79 Å². The quantitative estimate of drug-likeness (QED) is 0.418. The van der Waals surface area contributed by atoms with Gasteiger partial charge in [0.25, 0.3) is 0 Å². The van der Waals surface area contributed by atoms with Crippen LogP contribution in [0.4, 0.5) is 0 Å². The maximum absolute atomic E-state index is 11.7. The molecule has 0 unspecified atom stereocenters. The molecule has 1 heteroatoms. The van der Waals surface area contributed by atoms with Crippen molar-refractivity contribution in [1.29, 1.82) is 0 Å². The van der Waals surface area contributed by atoms with Crippen molar-refractivity contribution >= 4 is 5.78 Å². The summed E-state index contributed by atoms with van der Waals surface area (Å²) in [7, 11) is 0. The summed E-state index contributed by atoms with van der Waals surface area (Å²) < 4.78 is 0. The Labute approximate surface area is 102 Å². The fourth-order valence-electron chi connectivity index (χ4n) is 1.23. The number of hydrogen-bond donors (Lipinski definition) is 0. The number of carbonyl (C=O) groups excluding carboxylic acids is 1. The van der Waals surface area contributed by atoms with E-state index in [2.05, 4.69) is 6.58 Å². The summed E-state index contributed by atoms with van der Waals surface area (Å²) >= 11 is 0. The van der Waals surface area contributed by atoms with E-state index >= 15 is 0 Å². The first-order chi connectivity index (χ1) is 8.24. The lowest BCUT2D eigenvalue weighted by Crippen LogP contribution is -1.92. The number of allylic oxidation sites excluding steroid dienone is 7. The van der Waals surface area contributed by atoms with E-state index in [0.29, 0.717) is 5.56 Å². The number of benzene rings is 1. The molecule has 0 aliphatic rings. The fourth-order valence-corrected chi connectivity index (χ4v) is 1.23. The second-order valence-electron chi connectivity index (χ2n) is 3.52. The van der Waals surface area contributed by atoms with Crippen molar-refractivity contribution in [1.82, 2.24) is 0 Å². The highest BCUT2D eigenvalue weighted by atomic mass is 16.1. The Morgan fingerprint density at radius 1 is 1.06 bits per heavy atom. The standard InChI is InChI=1S/C16H16O/c1-3-4-6-9-14(2)12-13-16(17)15-10-7-5-8-11-15/h3-13H,2H2,1H3/b4-3-,9-6-,13-12+. The van der Waals surface area contributed by atoms with Crippen LogP contribution >= 0.6 is 0 Å². The molecule has 86 valence electrons. The Morgan fingerprint density at radius 2 is 1.76 bits per heavy atom. The van der Waals surface area contributed by atoms with E-state index in [0.717, 1.165) is 5.57 Å². The molecule has 0 N–H and O–H groups in total. The highest BCUT2D eigenvalue weighted by Crippen LogP contribution is 2.03. The van der Waals surface area contributed by atoms with Crippen molar-refractivity contribution in [2.75, 3.05) is 0 Å². The largest absolute Gasteiger partial charge is 0.289 e. The summed E-state index contributed by atoms with van der Waals surface area (Å²) in [5, 5.41) is 0. The van der Waals surface area contributed by atoms with Gasteiger partial charge in [0.15, 0.2) is 5.78 Å². The van der Waals surface area contributed by atoms with Gasteiger partial charge in [-0.2, -0.15) is 0 Å². The van der Waals surface area contributed by atoms with Gasteiger partial charge in [-0.1, -0.05) is 67.3 Å². The van der Waals surface area contributed by atoms with Crippen LogP contribution < -0.4 is 0 Å². The first kappa shape index (κ1) is 12.9. The Kier molecular flexibility index (Phi) is 5.45. The monoisotopic (exact) mass is 224 g/mol. The molecule has 0 fully saturated rings. The maximum Gasteiger partial charge on any atom is 0.185 e. The van der Waals surface area contributed by atoms with Crippen molar-refractivity contribution in [3.05, 3.63) is 84.5 Å². The van der Waals surface area contributed by atoms with Crippen molar-refractivity contribution in [3.8, 4) is 0 Å². The van der Waals surface area contributed by atoms with Crippen LogP contribution in [-0.4, -0.2) is 5.78 Å². The summed E-state index contributed by atoms with van der Waals surface area (Å²) in [4.78, 5) is 11.7. The van der Waals surface area contributed by atoms with Crippen LogP contribution in [0.1, 0.15) is 17.3 Å². The number of rotatable bonds is 5. The molecule has 0 spiro atoms. The van der Waals surface area contributed by atoms with Crippen LogP contribution in [0.15, 0.2) is 78.9 Å². The van der Waals surface area contributed by atoms with Gasteiger partial charge in [0.05, 0.1) is 0 Å². The van der Waals surface area contributed by atoms with Gasteiger partial charge in [-0.05, 0) is 18.6 Å². The van der Waals surface area contributed by atoms with Gasteiger partial charge in [-0.25, -0.2) is 0 Å². The first-order valence-corrected chi connectivity index (χ1v) is 5.50. The van der Waals surface area contributed by atoms with E-state index in [-0.39, 0.29) is 5.78 Å². The van der Waals surface area contributed by atoms with E-state index in [4.69, 9.17) is 0 Å². The molecule has 0 atom stereocenters. The minimum Gasteiger partial charge on any atom is -0.289 e. The summed E-state index contributed by atoms with van der Waals surface area (Å²) in [6, 6.07) is 9.18. The van der Waals surface area contributed by atoms with E-state index in [1.54, 1.807) is 18.2 Å². The second-order valence-corrected chi connectivity index (χ2v) is 3.52.